The predicted octanol–water partition coefficient (Wildman–Crippen LogP) is 3.48. The first-order valence-electron chi connectivity index (χ1n) is 8.31. The van der Waals surface area contributed by atoms with E-state index in [0.717, 1.165) is 30.6 Å². The molecule has 1 saturated heterocycles. The summed E-state index contributed by atoms with van der Waals surface area (Å²) in [7, 11) is -0.0259. The molecule has 1 saturated carbocycles. The van der Waals surface area contributed by atoms with Crippen LogP contribution in [0.1, 0.15) is 60.3 Å². The lowest BCUT2D eigenvalue weighted by Crippen LogP contribution is -2.41. The molecule has 0 aromatic carbocycles. The third-order valence-corrected chi connectivity index (χ3v) is 5.80. The summed E-state index contributed by atoms with van der Waals surface area (Å²) in [5.41, 5.74) is 5.42. The molecule has 0 aromatic rings. The Kier molecular flexibility index (Phi) is 4.88. The molecule has 0 spiro atoms. The van der Waals surface area contributed by atoms with E-state index >= 15 is 0 Å². The van der Waals surface area contributed by atoms with Crippen molar-refractivity contribution < 1.29 is 9.31 Å². The van der Waals surface area contributed by atoms with Crippen LogP contribution in [0.25, 0.3) is 0 Å². The summed E-state index contributed by atoms with van der Waals surface area (Å²) >= 11 is 0. The quantitative estimate of drug-likeness (QED) is 0.785. The average molecular weight is 281 g/mol. The Morgan fingerprint density at radius 1 is 1.10 bits per heavy atom. The third kappa shape index (κ3) is 3.40. The van der Waals surface area contributed by atoms with E-state index in [1.54, 1.807) is 0 Å². The molecular weight excluding hydrogens is 249 g/mol. The second kappa shape index (κ2) is 5.98. The SMILES string of the molecule is C[C@H]1CC(CN)C[C@H]1CCCB1OC(C)(C)C(C)(C)O1. The van der Waals surface area contributed by atoms with E-state index in [4.69, 9.17) is 15.0 Å². The summed E-state index contributed by atoms with van der Waals surface area (Å²) in [5.74, 6) is 2.44. The van der Waals surface area contributed by atoms with Gasteiger partial charge in [-0.2, -0.15) is 0 Å². The summed E-state index contributed by atoms with van der Waals surface area (Å²) in [6.45, 7) is 11.7. The van der Waals surface area contributed by atoms with E-state index in [9.17, 15) is 0 Å². The Morgan fingerprint density at radius 2 is 1.70 bits per heavy atom. The van der Waals surface area contributed by atoms with Crippen LogP contribution in [-0.4, -0.2) is 24.9 Å². The van der Waals surface area contributed by atoms with Gasteiger partial charge in [-0.05, 0) is 71.2 Å². The van der Waals surface area contributed by atoms with Gasteiger partial charge in [0.05, 0.1) is 11.2 Å². The molecule has 1 aliphatic carbocycles. The van der Waals surface area contributed by atoms with Crippen LogP contribution in [0.2, 0.25) is 6.32 Å². The van der Waals surface area contributed by atoms with Gasteiger partial charge in [0, 0.05) is 0 Å². The molecule has 1 heterocycles. The lowest BCUT2D eigenvalue weighted by molar-refractivity contribution is 0.00578. The van der Waals surface area contributed by atoms with Crippen molar-refractivity contribution in [2.45, 2.75) is 77.8 Å². The van der Waals surface area contributed by atoms with Crippen LogP contribution >= 0.6 is 0 Å². The fraction of sp³-hybridized carbons (Fsp3) is 1.00. The number of rotatable bonds is 5. The van der Waals surface area contributed by atoms with E-state index in [1.165, 1.54) is 25.7 Å². The van der Waals surface area contributed by atoms with Crippen LogP contribution in [-0.2, 0) is 9.31 Å². The van der Waals surface area contributed by atoms with Crippen molar-refractivity contribution >= 4 is 7.12 Å². The maximum atomic E-state index is 6.06. The standard InChI is InChI=1S/C16H32BNO2/c1-12-9-13(11-18)10-14(12)7-6-8-17-19-15(2,3)16(4,5)20-17/h12-14H,6-11,18H2,1-5H3/t12-,13?,14+/m0/s1. The molecule has 0 bridgehead atoms. The molecule has 1 unspecified atom stereocenters. The van der Waals surface area contributed by atoms with Gasteiger partial charge in [-0.15, -0.1) is 0 Å². The van der Waals surface area contributed by atoms with Crippen molar-refractivity contribution in [1.82, 2.24) is 0 Å². The van der Waals surface area contributed by atoms with E-state index in [-0.39, 0.29) is 18.3 Å². The molecule has 2 aliphatic rings. The third-order valence-electron chi connectivity index (χ3n) is 5.80. The minimum absolute atomic E-state index is 0.0259. The lowest BCUT2D eigenvalue weighted by Gasteiger charge is -2.32. The average Bonchev–Trinajstić information content (AvgIpc) is 2.78. The van der Waals surface area contributed by atoms with Crippen LogP contribution in [0.15, 0.2) is 0 Å². The zero-order valence-electron chi connectivity index (χ0n) is 13.9. The second-order valence-electron chi connectivity index (χ2n) is 7.93. The van der Waals surface area contributed by atoms with E-state index < -0.39 is 0 Å². The van der Waals surface area contributed by atoms with Crippen LogP contribution in [0.4, 0.5) is 0 Å². The zero-order valence-corrected chi connectivity index (χ0v) is 13.9. The smallest absolute Gasteiger partial charge is 0.403 e. The maximum Gasteiger partial charge on any atom is 0.457 e. The molecule has 1 aliphatic heterocycles. The Labute approximate surface area is 125 Å². The van der Waals surface area contributed by atoms with Crippen molar-refractivity contribution in [3.05, 3.63) is 0 Å². The lowest BCUT2D eigenvalue weighted by atomic mass is 9.80. The van der Waals surface area contributed by atoms with Gasteiger partial charge < -0.3 is 15.0 Å². The molecule has 0 amide bonds. The van der Waals surface area contributed by atoms with Crippen molar-refractivity contribution in [3.8, 4) is 0 Å². The first-order valence-corrected chi connectivity index (χ1v) is 8.31. The fourth-order valence-corrected chi connectivity index (χ4v) is 3.70. The Hall–Kier alpha value is -0.0551. The molecule has 2 fully saturated rings. The Morgan fingerprint density at radius 3 is 2.20 bits per heavy atom. The Balaban J connectivity index is 1.72. The van der Waals surface area contributed by atoms with Crippen LogP contribution in [0.5, 0.6) is 0 Å². The summed E-state index contributed by atoms with van der Waals surface area (Å²) in [6, 6.07) is 0. The highest BCUT2D eigenvalue weighted by Gasteiger charge is 2.50. The highest BCUT2D eigenvalue weighted by molar-refractivity contribution is 6.45. The number of hydrogen-bond acceptors (Lipinski definition) is 3. The van der Waals surface area contributed by atoms with Gasteiger partial charge in [-0.3, -0.25) is 0 Å². The summed E-state index contributed by atoms with van der Waals surface area (Å²) < 4.78 is 12.1. The topological polar surface area (TPSA) is 44.5 Å². The van der Waals surface area contributed by atoms with Gasteiger partial charge >= 0.3 is 7.12 Å². The highest BCUT2D eigenvalue weighted by atomic mass is 16.7. The van der Waals surface area contributed by atoms with Crippen molar-refractivity contribution in [1.29, 1.82) is 0 Å². The monoisotopic (exact) mass is 281 g/mol. The summed E-state index contributed by atoms with van der Waals surface area (Å²) in [4.78, 5) is 0. The van der Waals surface area contributed by atoms with Crippen LogP contribution < -0.4 is 5.73 Å². The van der Waals surface area contributed by atoms with Gasteiger partial charge in [-0.1, -0.05) is 19.8 Å². The van der Waals surface area contributed by atoms with E-state index in [0.29, 0.717) is 0 Å². The van der Waals surface area contributed by atoms with Crippen LogP contribution in [0.3, 0.4) is 0 Å². The molecule has 4 heteroatoms. The molecular formula is C16H32BNO2. The molecule has 2 N–H and O–H groups in total. The molecule has 2 rings (SSSR count). The highest BCUT2D eigenvalue weighted by Crippen LogP contribution is 2.41. The molecule has 0 aromatic heterocycles. The van der Waals surface area contributed by atoms with Gasteiger partial charge in [0.2, 0.25) is 0 Å². The molecule has 20 heavy (non-hydrogen) atoms. The summed E-state index contributed by atoms with van der Waals surface area (Å²) in [5, 5.41) is 0. The van der Waals surface area contributed by atoms with E-state index in [2.05, 4.69) is 34.6 Å². The minimum atomic E-state index is -0.192. The first-order chi connectivity index (χ1) is 9.25. The van der Waals surface area contributed by atoms with Gasteiger partial charge in [-0.25, -0.2) is 0 Å². The maximum absolute atomic E-state index is 6.06. The van der Waals surface area contributed by atoms with Gasteiger partial charge in [0.1, 0.15) is 0 Å². The van der Waals surface area contributed by atoms with Crippen LogP contribution in [0, 0.1) is 17.8 Å². The molecule has 3 nitrogen and oxygen atoms in total. The number of hydrogen-bond donors (Lipinski definition) is 1. The summed E-state index contributed by atoms with van der Waals surface area (Å²) in [6.07, 6.45) is 6.15. The normalized spacial score (nSPS) is 35.7. The van der Waals surface area contributed by atoms with E-state index in [1.807, 2.05) is 0 Å². The molecule has 3 atom stereocenters. The fourth-order valence-electron chi connectivity index (χ4n) is 3.70. The van der Waals surface area contributed by atoms with Crippen molar-refractivity contribution in [3.63, 3.8) is 0 Å². The molecule has 0 radical (unpaired) electrons. The van der Waals surface area contributed by atoms with Gasteiger partial charge in [0.25, 0.3) is 0 Å². The zero-order chi connectivity index (χ0) is 15.0. The van der Waals surface area contributed by atoms with Crippen molar-refractivity contribution in [2.75, 3.05) is 6.54 Å². The first kappa shape index (κ1) is 16.3. The Bertz CT molecular complexity index is 316. The molecule has 116 valence electrons. The minimum Gasteiger partial charge on any atom is -0.403 e. The second-order valence-corrected chi connectivity index (χ2v) is 7.93. The predicted molar refractivity (Wildman–Crippen MR) is 84.6 cm³/mol. The van der Waals surface area contributed by atoms with Gasteiger partial charge in [0.15, 0.2) is 0 Å². The van der Waals surface area contributed by atoms with Crippen molar-refractivity contribution in [2.24, 2.45) is 23.5 Å². The largest absolute Gasteiger partial charge is 0.457 e. The number of nitrogens with two attached hydrogens (primary N) is 1.